The summed E-state index contributed by atoms with van der Waals surface area (Å²) >= 11 is 6.22. The molecule has 0 saturated carbocycles. The molecule has 4 aromatic rings. The molecular formula is C25H23ClN2O. The monoisotopic (exact) mass is 402 g/mol. The maximum absolute atomic E-state index is 6.22. The Bertz CT molecular complexity index is 1130. The van der Waals surface area contributed by atoms with Gasteiger partial charge in [-0.15, -0.1) is 6.58 Å². The first-order chi connectivity index (χ1) is 14.3. The summed E-state index contributed by atoms with van der Waals surface area (Å²) in [5, 5.41) is 0.711. The molecule has 0 aliphatic carbocycles. The van der Waals surface area contributed by atoms with Crippen molar-refractivity contribution < 1.29 is 4.74 Å². The quantitative estimate of drug-likeness (QED) is 0.246. The molecule has 0 N–H and O–H groups in total. The van der Waals surface area contributed by atoms with Crippen LogP contribution in [0.15, 0.2) is 85.5 Å². The van der Waals surface area contributed by atoms with Gasteiger partial charge >= 0.3 is 0 Å². The van der Waals surface area contributed by atoms with Gasteiger partial charge in [-0.1, -0.05) is 60.1 Å². The van der Waals surface area contributed by atoms with Crippen molar-refractivity contribution in [3.63, 3.8) is 0 Å². The Hall–Kier alpha value is -3.04. The molecule has 0 aliphatic rings. The largest absolute Gasteiger partial charge is 0.493 e. The van der Waals surface area contributed by atoms with Crippen LogP contribution in [0.1, 0.15) is 12.0 Å². The van der Waals surface area contributed by atoms with Gasteiger partial charge in [0.05, 0.1) is 17.6 Å². The summed E-state index contributed by atoms with van der Waals surface area (Å²) in [5.41, 5.74) is 4.29. The zero-order valence-electron chi connectivity index (χ0n) is 16.2. The van der Waals surface area contributed by atoms with Crippen molar-refractivity contribution in [2.75, 3.05) is 6.61 Å². The lowest BCUT2D eigenvalue weighted by Gasteiger charge is -2.12. The number of halogens is 1. The fraction of sp³-hybridized carbons (Fsp3) is 0.160. The molecule has 4 heteroatoms. The molecule has 29 heavy (non-hydrogen) atoms. The van der Waals surface area contributed by atoms with Crippen LogP contribution in [0.4, 0.5) is 0 Å². The van der Waals surface area contributed by atoms with Crippen LogP contribution in [0.5, 0.6) is 5.75 Å². The number of aryl methyl sites for hydroxylation is 1. The number of fused-ring (bicyclic) bond motifs is 1. The van der Waals surface area contributed by atoms with E-state index in [1.807, 2.05) is 66.7 Å². The molecule has 0 unspecified atom stereocenters. The summed E-state index contributed by atoms with van der Waals surface area (Å²) < 4.78 is 8.31. The summed E-state index contributed by atoms with van der Waals surface area (Å²) in [6.07, 6.45) is 3.58. The Morgan fingerprint density at radius 1 is 1.00 bits per heavy atom. The van der Waals surface area contributed by atoms with Crippen LogP contribution in [-0.2, 0) is 13.0 Å². The smallest absolute Gasteiger partial charge is 0.141 e. The summed E-state index contributed by atoms with van der Waals surface area (Å²) in [7, 11) is 0. The average molecular weight is 403 g/mol. The highest BCUT2D eigenvalue weighted by atomic mass is 35.5. The number of imidazole rings is 1. The van der Waals surface area contributed by atoms with Gasteiger partial charge in [-0.25, -0.2) is 4.98 Å². The lowest BCUT2D eigenvalue weighted by molar-refractivity contribution is 0.300. The maximum Gasteiger partial charge on any atom is 0.141 e. The van der Waals surface area contributed by atoms with E-state index in [4.69, 9.17) is 21.3 Å². The minimum absolute atomic E-state index is 0.635. The lowest BCUT2D eigenvalue weighted by Crippen LogP contribution is -2.07. The molecule has 0 bridgehead atoms. The van der Waals surface area contributed by atoms with Gasteiger partial charge in [0.2, 0.25) is 0 Å². The summed E-state index contributed by atoms with van der Waals surface area (Å²) in [4.78, 5) is 4.85. The van der Waals surface area contributed by atoms with Crippen molar-refractivity contribution in [1.29, 1.82) is 0 Å². The molecule has 0 atom stereocenters. The molecule has 0 aliphatic heterocycles. The third-order valence-corrected chi connectivity index (χ3v) is 5.09. The minimum atomic E-state index is 0.635. The number of allylic oxidation sites excluding steroid dienone is 1. The number of para-hydroxylation sites is 3. The first-order valence-electron chi connectivity index (χ1n) is 9.79. The Morgan fingerprint density at radius 2 is 1.83 bits per heavy atom. The van der Waals surface area contributed by atoms with Crippen LogP contribution >= 0.6 is 11.6 Å². The first-order valence-corrected chi connectivity index (χ1v) is 10.2. The van der Waals surface area contributed by atoms with Gasteiger partial charge in [0.15, 0.2) is 0 Å². The van der Waals surface area contributed by atoms with E-state index >= 15 is 0 Å². The maximum atomic E-state index is 6.22. The van der Waals surface area contributed by atoms with E-state index in [9.17, 15) is 0 Å². The summed E-state index contributed by atoms with van der Waals surface area (Å²) in [6.45, 7) is 5.27. The van der Waals surface area contributed by atoms with Crippen molar-refractivity contribution in [2.24, 2.45) is 0 Å². The molecule has 146 valence electrons. The second-order valence-corrected chi connectivity index (χ2v) is 7.33. The fourth-order valence-corrected chi connectivity index (χ4v) is 3.71. The van der Waals surface area contributed by atoms with E-state index in [0.29, 0.717) is 11.6 Å². The van der Waals surface area contributed by atoms with Crippen LogP contribution in [0, 0.1) is 0 Å². The lowest BCUT2D eigenvalue weighted by atomic mass is 10.1. The zero-order chi connectivity index (χ0) is 20.1. The van der Waals surface area contributed by atoms with Crippen LogP contribution in [-0.4, -0.2) is 16.2 Å². The van der Waals surface area contributed by atoms with Gasteiger partial charge in [-0.05, 0) is 48.7 Å². The Kier molecular flexibility index (Phi) is 5.97. The first kappa shape index (κ1) is 19.3. The van der Waals surface area contributed by atoms with Gasteiger partial charge < -0.3 is 9.30 Å². The number of aromatic nitrogens is 2. The highest BCUT2D eigenvalue weighted by molar-refractivity contribution is 6.30. The predicted molar refractivity (Wildman–Crippen MR) is 121 cm³/mol. The number of hydrogen-bond acceptors (Lipinski definition) is 2. The van der Waals surface area contributed by atoms with E-state index in [0.717, 1.165) is 53.1 Å². The molecule has 0 saturated heterocycles. The topological polar surface area (TPSA) is 27.1 Å². The Balaban J connectivity index is 1.54. The molecule has 3 aromatic carbocycles. The molecule has 0 radical (unpaired) electrons. The zero-order valence-corrected chi connectivity index (χ0v) is 17.0. The van der Waals surface area contributed by atoms with Crippen LogP contribution < -0.4 is 4.74 Å². The van der Waals surface area contributed by atoms with E-state index in [1.165, 1.54) is 0 Å². The van der Waals surface area contributed by atoms with Crippen LogP contribution in [0.25, 0.3) is 22.4 Å². The SMILES string of the molecule is C=CCc1ccccc1OCCCn1c(-c2cccc(Cl)c2)nc2ccccc21. The average Bonchev–Trinajstić information content (AvgIpc) is 3.11. The molecule has 0 spiro atoms. The van der Waals surface area contributed by atoms with Gasteiger partial charge in [-0.3, -0.25) is 0 Å². The van der Waals surface area contributed by atoms with Gasteiger partial charge in [-0.2, -0.15) is 0 Å². The van der Waals surface area contributed by atoms with Crippen LogP contribution in [0.3, 0.4) is 0 Å². The predicted octanol–water partition coefficient (Wildman–Crippen LogP) is 6.55. The molecule has 3 nitrogen and oxygen atoms in total. The standard InChI is InChI=1S/C25H23ClN2O/c1-2-9-19-10-3-6-15-24(19)29-17-8-16-28-23-14-5-4-13-22(23)27-25(28)20-11-7-12-21(26)18-20/h2-7,10-15,18H,1,8-9,16-17H2. The number of nitrogens with zero attached hydrogens (tertiary/aromatic N) is 2. The van der Waals surface area contributed by atoms with Crippen molar-refractivity contribution in [3.05, 3.63) is 96.0 Å². The van der Waals surface area contributed by atoms with E-state index in [1.54, 1.807) is 0 Å². The Labute approximate surface area is 176 Å². The second kappa shape index (κ2) is 8.97. The number of benzene rings is 3. The van der Waals surface area contributed by atoms with Gasteiger partial charge in [0.25, 0.3) is 0 Å². The highest BCUT2D eigenvalue weighted by Crippen LogP contribution is 2.27. The molecule has 0 fully saturated rings. The van der Waals surface area contributed by atoms with Crippen molar-refractivity contribution in [3.8, 4) is 17.1 Å². The van der Waals surface area contributed by atoms with Gasteiger partial charge in [0, 0.05) is 17.1 Å². The molecule has 0 amide bonds. The van der Waals surface area contributed by atoms with E-state index in [-0.39, 0.29) is 0 Å². The van der Waals surface area contributed by atoms with Crippen molar-refractivity contribution in [1.82, 2.24) is 9.55 Å². The van der Waals surface area contributed by atoms with Gasteiger partial charge in [0.1, 0.15) is 11.6 Å². The molecule has 1 aromatic heterocycles. The highest BCUT2D eigenvalue weighted by Gasteiger charge is 2.12. The van der Waals surface area contributed by atoms with E-state index in [2.05, 4.69) is 23.3 Å². The number of rotatable bonds is 8. The Morgan fingerprint density at radius 3 is 2.69 bits per heavy atom. The van der Waals surface area contributed by atoms with Crippen molar-refractivity contribution in [2.45, 2.75) is 19.4 Å². The molecule has 1 heterocycles. The van der Waals surface area contributed by atoms with Crippen molar-refractivity contribution >= 4 is 22.6 Å². The summed E-state index contributed by atoms with van der Waals surface area (Å²) in [5.74, 6) is 1.86. The number of ether oxygens (including phenoxy) is 1. The third-order valence-electron chi connectivity index (χ3n) is 4.86. The van der Waals surface area contributed by atoms with Crippen LogP contribution in [0.2, 0.25) is 5.02 Å². The number of hydrogen-bond donors (Lipinski definition) is 0. The minimum Gasteiger partial charge on any atom is -0.493 e. The van der Waals surface area contributed by atoms with E-state index < -0.39 is 0 Å². The third kappa shape index (κ3) is 4.36. The molecular weight excluding hydrogens is 380 g/mol. The normalized spacial score (nSPS) is 10.9. The summed E-state index contributed by atoms with van der Waals surface area (Å²) in [6, 6.07) is 24.2. The second-order valence-electron chi connectivity index (χ2n) is 6.89. The fourth-order valence-electron chi connectivity index (χ4n) is 3.52. The molecule has 4 rings (SSSR count).